The van der Waals surface area contributed by atoms with E-state index in [9.17, 15) is 13.6 Å². The maximum absolute atomic E-state index is 13.7. The first-order valence-corrected chi connectivity index (χ1v) is 6.62. The van der Waals surface area contributed by atoms with Gasteiger partial charge in [-0.05, 0) is 45.0 Å². The summed E-state index contributed by atoms with van der Waals surface area (Å²) in [4.78, 5) is 11.6. The van der Waals surface area contributed by atoms with Gasteiger partial charge in [-0.25, -0.2) is 0 Å². The Hall–Kier alpha value is -1.69. The molecule has 0 aliphatic carbocycles. The molecule has 0 unspecified atom stereocenters. The summed E-state index contributed by atoms with van der Waals surface area (Å²) in [6, 6.07) is 5.91. The van der Waals surface area contributed by atoms with Crippen LogP contribution in [0.2, 0.25) is 0 Å². The summed E-state index contributed by atoms with van der Waals surface area (Å²) in [5, 5.41) is 5.44. The van der Waals surface area contributed by atoms with Gasteiger partial charge in [0.25, 0.3) is 0 Å². The minimum atomic E-state index is -3.86. The van der Waals surface area contributed by atoms with E-state index in [0.29, 0.717) is 12.8 Å². The van der Waals surface area contributed by atoms with Crippen LogP contribution in [-0.2, 0) is 4.79 Å². The molecule has 0 radical (unpaired) electrons. The minimum Gasteiger partial charge on any atom is -0.425 e. The third-order valence-electron chi connectivity index (χ3n) is 3.21. The van der Waals surface area contributed by atoms with Crippen molar-refractivity contribution in [2.75, 3.05) is 13.1 Å². The van der Waals surface area contributed by atoms with E-state index in [2.05, 4.69) is 15.4 Å². The molecule has 1 amide bonds. The standard InChI is InChI=1S/C14H18F2N2O2/c1-10-2-4-12(5-3-10)20-14(15,16)13(19)18-11-6-8-17-9-7-11/h2-5,11,17H,6-9H2,1H3,(H,18,19). The Bertz CT molecular complexity index is 457. The van der Waals surface area contributed by atoms with Gasteiger partial charge in [-0.3, -0.25) is 4.79 Å². The quantitative estimate of drug-likeness (QED) is 0.887. The average molecular weight is 284 g/mol. The van der Waals surface area contributed by atoms with Crippen LogP contribution in [0.15, 0.2) is 24.3 Å². The van der Waals surface area contributed by atoms with Crippen molar-refractivity contribution in [2.24, 2.45) is 0 Å². The third-order valence-corrected chi connectivity index (χ3v) is 3.21. The molecule has 1 fully saturated rings. The van der Waals surface area contributed by atoms with Crippen LogP contribution >= 0.6 is 0 Å². The number of hydrogen-bond donors (Lipinski definition) is 2. The molecule has 6 heteroatoms. The van der Waals surface area contributed by atoms with Crippen LogP contribution < -0.4 is 15.4 Å². The van der Waals surface area contributed by atoms with Crippen molar-refractivity contribution in [3.05, 3.63) is 29.8 Å². The zero-order chi connectivity index (χ0) is 14.6. The van der Waals surface area contributed by atoms with E-state index in [1.807, 2.05) is 6.92 Å². The molecule has 1 heterocycles. The number of benzene rings is 1. The number of aryl methyl sites for hydroxylation is 1. The van der Waals surface area contributed by atoms with Crippen LogP contribution in [0.25, 0.3) is 0 Å². The predicted octanol–water partition coefficient (Wildman–Crippen LogP) is 1.83. The maximum atomic E-state index is 13.7. The van der Waals surface area contributed by atoms with Crippen LogP contribution in [0.5, 0.6) is 5.75 Å². The zero-order valence-corrected chi connectivity index (χ0v) is 11.3. The predicted molar refractivity (Wildman–Crippen MR) is 70.8 cm³/mol. The molecular weight excluding hydrogens is 266 g/mol. The molecule has 2 rings (SSSR count). The molecule has 1 aromatic rings. The lowest BCUT2D eigenvalue weighted by Gasteiger charge is -2.25. The van der Waals surface area contributed by atoms with Crippen LogP contribution in [-0.4, -0.2) is 31.1 Å². The van der Waals surface area contributed by atoms with Gasteiger partial charge in [0, 0.05) is 6.04 Å². The summed E-state index contributed by atoms with van der Waals surface area (Å²) in [6.07, 6.45) is -2.57. The monoisotopic (exact) mass is 284 g/mol. The van der Waals surface area contributed by atoms with E-state index in [-0.39, 0.29) is 11.8 Å². The Balaban J connectivity index is 1.94. The molecule has 1 aliphatic heterocycles. The maximum Gasteiger partial charge on any atom is 0.482 e. The van der Waals surface area contributed by atoms with Crippen molar-refractivity contribution in [3.63, 3.8) is 0 Å². The van der Waals surface area contributed by atoms with Crippen LogP contribution in [0.1, 0.15) is 18.4 Å². The molecule has 4 nitrogen and oxygen atoms in total. The van der Waals surface area contributed by atoms with Gasteiger partial charge in [-0.1, -0.05) is 17.7 Å². The van der Waals surface area contributed by atoms with Gasteiger partial charge in [0.1, 0.15) is 5.75 Å². The van der Waals surface area contributed by atoms with Crippen molar-refractivity contribution >= 4 is 5.91 Å². The van der Waals surface area contributed by atoms with E-state index < -0.39 is 12.0 Å². The molecule has 0 bridgehead atoms. The second kappa shape index (κ2) is 6.17. The smallest absolute Gasteiger partial charge is 0.425 e. The second-order valence-electron chi connectivity index (χ2n) is 4.93. The first-order valence-electron chi connectivity index (χ1n) is 6.62. The number of rotatable bonds is 4. The Kier molecular flexibility index (Phi) is 4.54. The van der Waals surface area contributed by atoms with Gasteiger partial charge in [0.2, 0.25) is 0 Å². The van der Waals surface area contributed by atoms with Gasteiger partial charge in [0.05, 0.1) is 0 Å². The molecule has 0 aromatic heterocycles. The van der Waals surface area contributed by atoms with Crippen molar-refractivity contribution in [1.29, 1.82) is 0 Å². The Morgan fingerprint density at radius 1 is 1.30 bits per heavy atom. The van der Waals surface area contributed by atoms with E-state index in [1.165, 1.54) is 12.1 Å². The fraction of sp³-hybridized carbons (Fsp3) is 0.500. The number of alkyl halides is 2. The Morgan fingerprint density at radius 2 is 1.90 bits per heavy atom. The lowest BCUT2D eigenvalue weighted by atomic mass is 10.1. The van der Waals surface area contributed by atoms with E-state index in [4.69, 9.17) is 0 Å². The van der Waals surface area contributed by atoms with Crippen molar-refractivity contribution < 1.29 is 18.3 Å². The summed E-state index contributed by atoms with van der Waals surface area (Å²) in [6.45, 7) is 3.27. The second-order valence-corrected chi connectivity index (χ2v) is 4.93. The van der Waals surface area contributed by atoms with Crippen LogP contribution in [0, 0.1) is 6.92 Å². The number of amides is 1. The molecule has 2 N–H and O–H groups in total. The van der Waals surface area contributed by atoms with E-state index >= 15 is 0 Å². The fourth-order valence-electron chi connectivity index (χ4n) is 2.04. The summed E-state index contributed by atoms with van der Waals surface area (Å²) < 4.78 is 31.9. The van der Waals surface area contributed by atoms with Gasteiger partial charge in [-0.2, -0.15) is 8.78 Å². The molecule has 0 atom stereocenters. The number of ether oxygens (including phenoxy) is 1. The SMILES string of the molecule is Cc1ccc(OC(F)(F)C(=O)NC2CCNCC2)cc1. The average Bonchev–Trinajstić information content (AvgIpc) is 2.42. The number of hydrogen-bond acceptors (Lipinski definition) is 3. The van der Waals surface area contributed by atoms with Crippen molar-refractivity contribution in [1.82, 2.24) is 10.6 Å². The summed E-state index contributed by atoms with van der Waals surface area (Å²) in [5.41, 5.74) is 0.930. The first-order chi connectivity index (χ1) is 9.47. The Labute approximate surface area is 116 Å². The molecule has 20 heavy (non-hydrogen) atoms. The van der Waals surface area contributed by atoms with Crippen molar-refractivity contribution in [2.45, 2.75) is 31.9 Å². The normalized spacial score (nSPS) is 16.8. The highest BCUT2D eigenvalue weighted by Crippen LogP contribution is 2.22. The largest absolute Gasteiger partial charge is 0.482 e. The highest BCUT2D eigenvalue weighted by atomic mass is 19.3. The van der Waals surface area contributed by atoms with E-state index in [1.54, 1.807) is 12.1 Å². The molecule has 1 saturated heterocycles. The highest BCUT2D eigenvalue weighted by Gasteiger charge is 2.43. The van der Waals surface area contributed by atoms with Gasteiger partial charge in [-0.15, -0.1) is 0 Å². The molecule has 0 saturated carbocycles. The lowest BCUT2D eigenvalue weighted by molar-refractivity contribution is -0.193. The summed E-state index contributed by atoms with van der Waals surface area (Å²) >= 11 is 0. The van der Waals surface area contributed by atoms with Crippen molar-refractivity contribution in [3.8, 4) is 5.75 Å². The third kappa shape index (κ3) is 3.90. The summed E-state index contributed by atoms with van der Waals surface area (Å²) in [5.74, 6) is -1.41. The summed E-state index contributed by atoms with van der Waals surface area (Å²) in [7, 11) is 0. The minimum absolute atomic E-state index is 0.0268. The number of nitrogens with one attached hydrogen (secondary N) is 2. The first kappa shape index (κ1) is 14.7. The topological polar surface area (TPSA) is 50.4 Å². The van der Waals surface area contributed by atoms with Crippen LogP contribution in [0.3, 0.4) is 0 Å². The zero-order valence-electron chi connectivity index (χ0n) is 11.3. The number of carbonyl (C=O) groups excluding carboxylic acids is 1. The number of piperidine rings is 1. The lowest BCUT2D eigenvalue weighted by Crippen LogP contribution is -2.51. The fourth-order valence-corrected chi connectivity index (χ4v) is 2.04. The van der Waals surface area contributed by atoms with Gasteiger partial charge < -0.3 is 15.4 Å². The number of halogens is 2. The van der Waals surface area contributed by atoms with Gasteiger partial charge >= 0.3 is 12.0 Å². The Morgan fingerprint density at radius 3 is 2.50 bits per heavy atom. The molecular formula is C14H18F2N2O2. The van der Waals surface area contributed by atoms with E-state index in [0.717, 1.165) is 18.7 Å². The molecule has 1 aliphatic rings. The molecule has 110 valence electrons. The highest BCUT2D eigenvalue weighted by molar-refractivity contribution is 5.82. The van der Waals surface area contributed by atoms with Gasteiger partial charge in [0.15, 0.2) is 0 Å². The molecule has 1 aromatic carbocycles. The number of carbonyl (C=O) groups is 1. The van der Waals surface area contributed by atoms with Crippen LogP contribution in [0.4, 0.5) is 8.78 Å². The molecule has 0 spiro atoms.